The van der Waals surface area contributed by atoms with Crippen LogP contribution in [0, 0.1) is 29.1 Å². The summed E-state index contributed by atoms with van der Waals surface area (Å²) in [6, 6.07) is 18.5. The standard InChI is InChI=1S/C34H35NO3/c1-34-21-30(25-11-9-23(10-12-25)8-5-19-35-38-22-24-6-3-2-4-7-24)33-28-16-14-27(36)20-26(28)13-15-29(33)31(34)17-18-32(34)37/h2-4,6-7,9-12,19-20,29-32,37H,13-18,21-22H2,1H3/b35-19-/t29?,30-,31?,32+,34+/m1/s1. The van der Waals surface area contributed by atoms with Crippen LogP contribution in [0.2, 0.25) is 0 Å². The molecule has 0 bridgehead atoms. The van der Waals surface area contributed by atoms with E-state index in [-0.39, 0.29) is 23.2 Å². The van der Waals surface area contributed by atoms with Gasteiger partial charge < -0.3 is 9.94 Å². The summed E-state index contributed by atoms with van der Waals surface area (Å²) in [6.45, 7) is 2.74. The summed E-state index contributed by atoms with van der Waals surface area (Å²) >= 11 is 0. The van der Waals surface area contributed by atoms with Gasteiger partial charge in [-0.3, -0.25) is 4.79 Å². The Balaban J connectivity index is 1.23. The van der Waals surface area contributed by atoms with Gasteiger partial charge in [0.25, 0.3) is 0 Å². The molecule has 4 aliphatic rings. The number of nitrogens with zero attached hydrogens (tertiary/aromatic N) is 1. The van der Waals surface area contributed by atoms with Crippen LogP contribution in [-0.4, -0.2) is 23.2 Å². The van der Waals surface area contributed by atoms with Crippen LogP contribution >= 0.6 is 0 Å². The van der Waals surface area contributed by atoms with Crippen molar-refractivity contribution in [3.63, 3.8) is 0 Å². The fourth-order valence-corrected chi connectivity index (χ4v) is 7.60. The van der Waals surface area contributed by atoms with E-state index >= 15 is 0 Å². The Labute approximate surface area is 225 Å². The molecule has 2 aromatic rings. The van der Waals surface area contributed by atoms with E-state index in [4.69, 9.17) is 4.84 Å². The molecule has 0 aromatic heterocycles. The van der Waals surface area contributed by atoms with E-state index < -0.39 is 0 Å². The van der Waals surface area contributed by atoms with Gasteiger partial charge in [0, 0.05) is 17.9 Å². The Hall–Kier alpha value is -3.42. The number of oxime groups is 1. The van der Waals surface area contributed by atoms with Gasteiger partial charge in [-0.05, 0) is 102 Å². The highest BCUT2D eigenvalue weighted by Crippen LogP contribution is 2.63. The molecule has 2 aromatic carbocycles. The maximum absolute atomic E-state index is 12.2. The van der Waals surface area contributed by atoms with Crippen LogP contribution in [0.4, 0.5) is 0 Å². The average Bonchev–Trinajstić information content (AvgIpc) is 3.24. The van der Waals surface area contributed by atoms with Gasteiger partial charge in [-0.2, -0.15) is 0 Å². The van der Waals surface area contributed by atoms with Crippen molar-refractivity contribution >= 4 is 12.0 Å². The molecule has 1 N–H and O–H groups in total. The molecule has 4 heteroatoms. The van der Waals surface area contributed by atoms with Crippen molar-refractivity contribution < 1.29 is 14.7 Å². The van der Waals surface area contributed by atoms with Gasteiger partial charge in [0.15, 0.2) is 5.78 Å². The number of fused-ring (bicyclic) bond motifs is 4. The predicted octanol–water partition coefficient (Wildman–Crippen LogP) is 6.50. The monoisotopic (exact) mass is 505 g/mol. The van der Waals surface area contributed by atoms with Gasteiger partial charge in [0.1, 0.15) is 12.8 Å². The minimum Gasteiger partial charge on any atom is -0.393 e. The SMILES string of the molecule is C[C@]12C[C@H](c3ccc(C#C/C=N\OCc4ccccc4)cc3)C3=C4CCC(=O)C=C4CCC3C1CC[C@@H]2O. The zero-order valence-corrected chi connectivity index (χ0v) is 22.0. The smallest absolute Gasteiger partial charge is 0.156 e. The Morgan fingerprint density at radius 3 is 2.68 bits per heavy atom. The molecule has 0 amide bonds. The molecule has 194 valence electrons. The molecule has 2 fully saturated rings. The number of hydrogen-bond acceptors (Lipinski definition) is 4. The third-order valence-corrected chi connectivity index (χ3v) is 9.48. The minimum absolute atomic E-state index is 0.0558. The van der Waals surface area contributed by atoms with Crippen molar-refractivity contribution in [2.75, 3.05) is 0 Å². The minimum atomic E-state index is -0.236. The molecule has 2 unspecified atom stereocenters. The summed E-state index contributed by atoms with van der Waals surface area (Å²) in [4.78, 5) is 17.5. The molecule has 6 rings (SSSR count). The van der Waals surface area contributed by atoms with Crippen molar-refractivity contribution in [2.24, 2.45) is 22.4 Å². The summed E-state index contributed by atoms with van der Waals surface area (Å²) in [6.07, 6.45) is 9.73. The number of hydrogen-bond donors (Lipinski definition) is 1. The van der Waals surface area contributed by atoms with E-state index in [1.165, 1.54) is 22.9 Å². The number of aliphatic hydroxyl groups is 1. The first-order chi connectivity index (χ1) is 18.5. The maximum Gasteiger partial charge on any atom is 0.156 e. The quantitative estimate of drug-likeness (QED) is 0.293. The third-order valence-electron chi connectivity index (χ3n) is 9.48. The molecule has 0 radical (unpaired) electrons. The van der Waals surface area contributed by atoms with Crippen LogP contribution in [0.5, 0.6) is 0 Å². The third kappa shape index (κ3) is 4.65. The second-order valence-electron chi connectivity index (χ2n) is 11.6. The molecule has 0 spiro atoms. The van der Waals surface area contributed by atoms with Crippen LogP contribution in [0.1, 0.15) is 74.5 Å². The molecule has 0 heterocycles. The molecular formula is C34H35NO3. The summed E-state index contributed by atoms with van der Waals surface area (Å²) in [5.74, 6) is 7.70. The number of aliphatic hydroxyl groups excluding tert-OH is 1. The zero-order valence-electron chi connectivity index (χ0n) is 22.0. The first kappa shape index (κ1) is 24.9. The normalized spacial score (nSPS) is 30.2. The second-order valence-corrected chi connectivity index (χ2v) is 11.6. The molecule has 5 atom stereocenters. The lowest BCUT2D eigenvalue weighted by atomic mass is 9.53. The maximum atomic E-state index is 12.2. The zero-order chi connectivity index (χ0) is 26.1. The molecule has 4 nitrogen and oxygen atoms in total. The van der Waals surface area contributed by atoms with Crippen molar-refractivity contribution in [1.29, 1.82) is 0 Å². The molecule has 4 aliphatic carbocycles. The van der Waals surface area contributed by atoms with Crippen LogP contribution in [-0.2, 0) is 16.2 Å². The highest BCUT2D eigenvalue weighted by molar-refractivity contribution is 5.93. The Bertz CT molecular complexity index is 1360. The van der Waals surface area contributed by atoms with Gasteiger partial charge in [-0.1, -0.05) is 66.0 Å². The van der Waals surface area contributed by atoms with E-state index in [9.17, 15) is 9.90 Å². The van der Waals surface area contributed by atoms with Gasteiger partial charge in [-0.25, -0.2) is 0 Å². The highest BCUT2D eigenvalue weighted by Gasteiger charge is 2.56. The fourth-order valence-electron chi connectivity index (χ4n) is 7.60. The Morgan fingerprint density at radius 2 is 1.87 bits per heavy atom. The highest BCUT2D eigenvalue weighted by atomic mass is 16.6. The predicted molar refractivity (Wildman–Crippen MR) is 149 cm³/mol. The van der Waals surface area contributed by atoms with Gasteiger partial charge in [-0.15, -0.1) is 0 Å². The number of carbonyl (C=O) groups excluding carboxylic acids is 1. The number of carbonyl (C=O) groups is 1. The van der Waals surface area contributed by atoms with Crippen molar-refractivity contribution in [2.45, 2.75) is 70.5 Å². The van der Waals surface area contributed by atoms with E-state index in [0.717, 1.165) is 49.7 Å². The number of benzene rings is 2. The molecule has 0 aliphatic heterocycles. The first-order valence-electron chi connectivity index (χ1n) is 14.0. The van der Waals surface area contributed by atoms with Crippen molar-refractivity contribution in [1.82, 2.24) is 0 Å². The molecule has 2 saturated carbocycles. The fraction of sp³-hybridized carbons (Fsp3) is 0.412. The molecule has 0 saturated heterocycles. The summed E-state index contributed by atoms with van der Waals surface area (Å²) in [5, 5.41) is 15.0. The lowest BCUT2D eigenvalue weighted by Crippen LogP contribution is -2.45. The summed E-state index contributed by atoms with van der Waals surface area (Å²) in [7, 11) is 0. The van der Waals surface area contributed by atoms with E-state index in [2.05, 4.69) is 48.2 Å². The average molecular weight is 506 g/mol. The number of rotatable bonds is 4. The van der Waals surface area contributed by atoms with E-state index in [0.29, 0.717) is 24.9 Å². The van der Waals surface area contributed by atoms with Crippen LogP contribution in [0.25, 0.3) is 0 Å². The van der Waals surface area contributed by atoms with Crippen LogP contribution in [0.3, 0.4) is 0 Å². The van der Waals surface area contributed by atoms with Crippen LogP contribution in [0.15, 0.2) is 82.5 Å². The van der Waals surface area contributed by atoms with Gasteiger partial charge >= 0.3 is 0 Å². The topological polar surface area (TPSA) is 58.9 Å². The Morgan fingerprint density at radius 1 is 1.05 bits per heavy atom. The van der Waals surface area contributed by atoms with Crippen molar-refractivity contribution in [3.05, 3.63) is 94.1 Å². The largest absolute Gasteiger partial charge is 0.393 e. The Kier molecular flexibility index (Phi) is 6.80. The van der Waals surface area contributed by atoms with E-state index in [1.807, 2.05) is 36.4 Å². The summed E-state index contributed by atoms with van der Waals surface area (Å²) < 4.78 is 0. The van der Waals surface area contributed by atoms with Gasteiger partial charge in [0.2, 0.25) is 0 Å². The van der Waals surface area contributed by atoms with Crippen molar-refractivity contribution in [3.8, 4) is 11.8 Å². The number of ketones is 1. The molecule has 38 heavy (non-hydrogen) atoms. The van der Waals surface area contributed by atoms with Crippen LogP contribution < -0.4 is 0 Å². The number of allylic oxidation sites excluding steroid dienone is 4. The van der Waals surface area contributed by atoms with E-state index in [1.54, 1.807) is 5.57 Å². The molecular weight excluding hydrogens is 470 g/mol. The first-order valence-corrected chi connectivity index (χ1v) is 14.0. The second kappa shape index (κ2) is 10.4. The van der Waals surface area contributed by atoms with Gasteiger partial charge in [0.05, 0.1) is 6.10 Å². The lowest BCUT2D eigenvalue weighted by molar-refractivity contribution is -0.114. The lowest BCUT2D eigenvalue weighted by Gasteiger charge is -2.52. The summed E-state index contributed by atoms with van der Waals surface area (Å²) in [5.41, 5.74) is 7.53.